The first-order valence-electron chi connectivity index (χ1n) is 10.9. The summed E-state index contributed by atoms with van der Waals surface area (Å²) in [6.07, 6.45) is 5.08. The molecule has 0 aliphatic carbocycles. The molecule has 1 aromatic rings. The second-order valence-corrected chi connectivity index (χ2v) is 9.70. The Bertz CT molecular complexity index is 616. The van der Waals surface area contributed by atoms with Gasteiger partial charge in [-0.05, 0) is 61.9 Å². The highest BCUT2D eigenvalue weighted by Crippen LogP contribution is 2.22. The number of piperidine rings is 2. The summed E-state index contributed by atoms with van der Waals surface area (Å²) in [5.74, 6) is 1.94. The number of hydrogen-bond acceptors (Lipinski definition) is 4. The lowest BCUT2D eigenvalue weighted by atomic mass is 9.92. The molecule has 2 aliphatic heterocycles. The Kier molecular flexibility index (Phi) is 7.91. The quantitative estimate of drug-likeness (QED) is 0.707. The molecule has 0 bridgehead atoms. The Morgan fingerprint density at radius 1 is 1.14 bits per heavy atom. The Hall–Kier alpha value is -1.40. The van der Waals surface area contributed by atoms with Crippen LogP contribution in [0.25, 0.3) is 0 Å². The zero-order valence-electron chi connectivity index (χ0n) is 17.4. The van der Waals surface area contributed by atoms with Crippen molar-refractivity contribution >= 4 is 23.2 Å². The summed E-state index contributed by atoms with van der Waals surface area (Å²) >= 11 is 1.48. The van der Waals surface area contributed by atoms with Gasteiger partial charge in [-0.3, -0.25) is 9.59 Å². The van der Waals surface area contributed by atoms with Crippen LogP contribution in [0.15, 0.2) is 17.5 Å². The average molecular weight is 406 g/mol. The maximum Gasteiger partial charge on any atom is 0.263 e. The molecule has 2 saturated heterocycles. The fourth-order valence-corrected chi connectivity index (χ4v) is 5.38. The number of nitrogens with one attached hydrogen (secondary N) is 1. The average Bonchev–Trinajstić information content (AvgIpc) is 3.21. The highest BCUT2D eigenvalue weighted by Gasteiger charge is 2.28. The predicted molar refractivity (Wildman–Crippen MR) is 115 cm³/mol. The van der Waals surface area contributed by atoms with Crippen molar-refractivity contribution in [3.63, 3.8) is 0 Å². The topological polar surface area (TPSA) is 52.7 Å². The molecular weight excluding hydrogens is 370 g/mol. The molecule has 2 fully saturated rings. The third-order valence-corrected chi connectivity index (χ3v) is 6.89. The molecule has 6 heteroatoms. The van der Waals surface area contributed by atoms with Gasteiger partial charge in [-0.1, -0.05) is 19.9 Å². The summed E-state index contributed by atoms with van der Waals surface area (Å²) in [5, 5.41) is 5.05. The lowest BCUT2D eigenvalue weighted by Crippen LogP contribution is -2.43. The van der Waals surface area contributed by atoms with Gasteiger partial charge in [-0.2, -0.15) is 0 Å². The van der Waals surface area contributed by atoms with Crippen molar-refractivity contribution in [1.29, 1.82) is 0 Å². The molecule has 0 aromatic carbocycles. The molecule has 3 heterocycles. The van der Waals surface area contributed by atoms with Crippen LogP contribution in [0.2, 0.25) is 0 Å². The Morgan fingerprint density at radius 2 is 1.86 bits per heavy atom. The van der Waals surface area contributed by atoms with Gasteiger partial charge in [0.15, 0.2) is 0 Å². The van der Waals surface area contributed by atoms with Crippen LogP contribution in [0.1, 0.15) is 55.6 Å². The highest BCUT2D eigenvalue weighted by atomic mass is 32.1. The molecule has 3 rings (SSSR count). The van der Waals surface area contributed by atoms with Crippen molar-refractivity contribution in [1.82, 2.24) is 15.1 Å². The van der Waals surface area contributed by atoms with E-state index >= 15 is 0 Å². The molecule has 1 aromatic heterocycles. The zero-order valence-corrected chi connectivity index (χ0v) is 18.2. The summed E-state index contributed by atoms with van der Waals surface area (Å²) in [7, 11) is 0. The number of unbranched alkanes of at least 4 members (excludes halogenated alkanes) is 1. The molecule has 5 nitrogen and oxygen atoms in total. The molecule has 156 valence electrons. The fourth-order valence-electron chi connectivity index (χ4n) is 4.69. The first-order chi connectivity index (χ1) is 13.5. The van der Waals surface area contributed by atoms with E-state index in [0.29, 0.717) is 13.1 Å². The molecule has 2 amide bonds. The van der Waals surface area contributed by atoms with E-state index in [1.807, 2.05) is 22.4 Å². The lowest BCUT2D eigenvalue weighted by molar-refractivity contribution is -0.126. The van der Waals surface area contributed by atoms with Gasteiger partial charge < -0.3 is 15.1 Å². The van der Waals surface area contributed by atoms with E-state index in [1.54, 1.807) is 0 Å². The number of thiophene rings is 1. The molecule has 1 N–H and O–H groups in total. The van der Waals surface area contributed by atoms with E-state index in [-0.39, 0.29) is 17.7 Å². The first kappa shape index (κ1) is 21.3. The number of rotatable bonds is 7. The first-order valence-corrected chi connectivity index (χ1v) is 11.7. The predicted octanol–water partition coefficient (Wildman–Crippen LogP) is 3.47. The molecule has 2 atom stereocenters. The number of nitrogens with zero attached hydrogens (tertiary/aromatic N) is 2. The zero-order chi connectivity index (χ0) is 19.9. The summed E-state index contributed by atoms with van der Waals surface area (Å²) in [6.45, 7) is 10.4. The third kappa shape index (κ3) is 6.05. The van der Waals surface area contributed by atoms with Gasteiger partial charge in [0.05, 0.1) is 4.88 Å². The van der Waals surface area contributed by atoms with Crippen LogP contribution in [0, 0.1) is 17.8 Å². The number of carbonyl (C=O) groups is 2. The van der Waals surface area contributed by atoms with Crippen molar-refractivity contribution < 1.29 is 9.59 Å². The third-order valence-electron chi connectivity index (χ3n) is 6.03. The Labute approximate surface area is 173 Å². The standard InChI is InChI=1S/C22H35N3O2S/c1-17-14-18(2)16-24(15-17)10-4-3-9-23-21(26)19-7-11-25(12-8-19)22(27)20-6-5-13-28-20/h5-6,13,17-19H,3-4,7-12,14-16H2,1-2H3,(H,23,26). The second-order valence-electron chi connectivity index (χ2n) is 8.75. The van der Waals surface area contributed by atoms with Crippen LogP contribution in [0.5, 0.6) is 0 Å². The molecule has 0 radical (unpaired) electrons. The molecule has 28 heavy (non-hydrogen) atoms. The van der Waals surface area contributed by atoms with E-state index in [2.05, 4.69) is 24.1 Å². The van der Waals surface area contributed by atoms with E-state index in [1.165, 1.54) is 30.8 Å². The minimum atomic E-state index is 0.0520. The van der Waals surface area contributed by atoms with Crippen LogP contribution >= 0.6 is 11.3 Å². The molecule has 2 aliphatic rings. The Morgan fingerprint density at radius 3 is 2.50 bits per heavy atom. The minimum absolute atomic E-state index is 0.0520. The van der Waals surface area contributed by atoms with Gasteiger partial charge >= 0.3 is 0 Å². The molecule has 2 unspecified atom stereocenters. The number of likely N-dealkylation sites (tertiary alicyclic amines) is 2. The smallest absolute Gasteiger partial charge is 0.263 e. The van der Waals surface area contributed by atoms with Crippen LogP contribution in [-0.2, 0) is 4.79 Å². The van der Waals surface area contributed by atoms with Crippen molar-refractivity contribution in [2.75, 3.05) is 39.3 Å². The van der Waals surface area contributed by atoms with Gasteiger partial charge in [0.2, 0.25) is 5.91 Å². The Balaban J connectivity index is 1.28. The van der Waals surface area contributed by atoms with Crippen molar-refractivity contribution in [3.8, 4) is 0 Å². The van der Waals surface area contributed by atoms with Crippen molar-refractivity contribution in [2.45, 2.75) is 46.0 Å². The van der Waals surface area contributed by atoms with Gasteiger partial charge in [-0.15, -0.1) is 11.3 Å². The summed E-state index contributed by atoms with van der Waals surface area (Å²) in [4.78, 5) is 30.1. The largest absolute Gasteiger partial charge is 0.356 e. The van der Waals surface area contributed by atoms with Gasteiger partial charge in [0.1, 0.15) is 0 Å². The van der Waals surface area contributed by atoms with E-state index in [9.17, 15) is 9.59 Å². The van der Waals surface area contributed by atoms with Crippen LogP contribution in [-0.4, -0.2) is 60.9 Å². The molecule has 0 saturated carbocycles. The molecular formula is C22H35N3O2S. The highest BCUT2D eigenvalue weighted by molar-refractivity contribution is 7.12. The number of hydrogen-bond donors (Lipinski definition) is 1. The second kappa shape index (κ2) is 10.4. The number of carbonyl (C=O) groups excluding carboxylic acids is 2. The van der Waals surface area contributed by atoms with Crippen LogP contribution < -0.4 is 5.32 Å². The normalized spacial score (nSPS) is 24.3. The summed E-state index contributed by atoms with van der Waals surface area (Å²) < 4.78 is 0. The van der Waals surface area contributed by atoms with E-state index in [4.69, 9.17) is 0 Å². The fraction of sp³-hybridized carbons (Fsp3) is 0.727. The SMILES string of the molecule is CC1CC(C)CN(CCCCNC(=O)C2CCN(C(=O)c3cccs3)CC2)C1. The van der Waals surface area contributed by atoms with Gasteiger partial charge in [-0.25, -0.2) is 0 Å². The monoisotopic (exact) mass is 405 g/mol. The summed E-state index contributed by atoms with van der Waals surface area (Å²) in [5.41, 5.74) is 0. The number of amides is 2. The van der Waals surface area contributed by atoms with E-state index in [0.717, 1.165) is 55.5 Å². The van der Waals surface area contributed by atoms with Gasteiger partial charge in [0.25, 0.3) is 5.91 Å². The van der Waals surface area contributed by atoms with Crippen LogP contribution in [0.3, 0.4) is 0 Å². The molecule has 0 spiro atoms. The van der Waals surface area contributed by atoms with Gasteiger partial charge in [0, 0.05) is 38.6 Å². The van der Waals surface area contributed by atoms with Crippen molar-refractivity contribution in [2.24, 2.45) is 17.8 Å². The summed E-state index contributed by atoms with van der Waals surface area (Å²) in [6, 6.07) is 3.78. The van der Waals surface area contributed by atoms with Crippen molar-refractivity contribution in [3.05, 3.63) is 22.4 Å². The maximum absolute atomic E-state index is 12.4. The van der Waals surface area contributed by atoms with E-state index < -0.39 is 0 Å². The van der Waals surface area contributed by atoms with Crippen LogP contribution in [0.4, 0.5) is 0 Å². The lowest BCUT2D eigenvalue weighted by Gasteiger charge is -2.35. The maximum atomic E-state index is 12.4. The minimum Gasteiger partial charge on any atom is -0.356 e.